The Morgan fingerprint density at radius 2 is 1.88 bits per heavy atom. The van der Waals surface area contributed by atoms with E-state index in [9.17, 15) is 0 Å². The summed E-state index contributed by atoms with van der Waals surface area (Å²) in [6.07, 6.45) is 1.83. The van der Waals surface area contributed by atoms with Crippen molar-refractivity contribution in [1.29, 1.82) is 0 Å². The highest BCUT2D eigenvalue weighted by Gasteiger charge is 2.15. The number of ether oxygens (including phenoxy) is 1. The zero-order chi connectivity index (χ0) is 18.1. The summed E-state index contributed by atoms with van der Waals surface area (Å²) in [7, 11) is 1.66. The average Bonchev–Trinajstić information content (AvgIpc) is 3.21. The Morgan fingerprint density at radius 3 is 2.62 bits per heavy atom. The molecule has 0 aliphatic rings. The van der Waals surface area contributed by atoms with Crippen molar-refractivity contribution in [3.8, 4) is 28.3 Å². The molecule has 0 atom stereocenters. The molecule has 6 heteroatoms. The summed E-state index contributed by atoms with van der Waals surface area (Å²) in [5, 5.41) is 15.6. The Labute approximate surface area is 151 Å². The highest BCUT2D eigenvalue weighted by Crippen LogP contribution is 2.34. The topological polar surface area (TPSA) is 76.6 Å². The predicted molar refractivity (Wildman–Crippen MR) is 101 cm³/mol. The molecule has 0 radical (unpaired) electrons. The minimum absolute atomic E-state index is 0.330. The minimum atomic E-state index is 0.330. The third-order valence-corrected chi connectivity index (χ3v) is 4.52. The third kappa shape index (κ3) is 2.79. The lowest BCUT2D eigenvalue weighted by Gasteiger charge is -2.14. The Balaban J connectivity index is 1.89. The highest BCUT2D eigenvalue weighted by molar-refractivity contribution is 5.95. The van der Waals surface area contributed by atoms with Gasteiger partial charge in [-0.1, -0.05) is 32.0 Å². The van der Waals surface area contributed by atoms with Gasteiger partial charge >= 0.3 is 0 Å². The summed E-state index contributed by atoms with van der Waals surface area (Å²) >= 11 is 0. The van der Waals surface area contributed by atoms with E-state index in [0.717, 1.165) is 33.3 Å². The van der Waals surface area contributed by atoms with Gasteiger partial charge in [0.1, 0.15) is 5.75 Å². The van der Waals surface area contributed by atoms with E-state index in [0.29, 0.717) is 11.7 Å². The van der Waals surface area contributed by atoms with Gasteiger partial charge < -0.3 is 4.74 Å². The number of fused-ring (bicyclic) bond motifs is 1. The van der Waals surface area contributed by atoms with Crippen LogP contribution >= 0.6 is 0 Å². The third-order valence-electron chi connectivity index (χ3n) is 4.52. The number of aromatic nitrogens is 5. The molecule has 0 fully saturated rings. The van der Waals surface area contributed by atoms with Crippen molar-refractivity contribution in [2.75, 3.05) is 7.11 Å². The van der Waals surface area contributed by atoms with Gasteiger partial charge in [-0.05, 0) is 46.0 Å². The second-order valence-electron chi connectivity index (χ2n) is 6.43. The lowest BCUT2D eigenvalue weighted by molar-refractivity contribution is 0.415. The lowest BCUT2D eigenvalue weighted by Crippen LogP contribution is -1.96. The second-order valence-corrected chi connectivity index (χ2v) is 6.43. The van der Waals surface area contributed by atoms with Crippen LogP contribution in [0.2, 0.25) is 0 Å². The summed E-state index contributed by atoms with van der Waals surface area (Å²) < 4.78 is 5.31. The number of methoxy groups -OCH3 is 1. The van der Waals surface area contributed by atoms with Crippen LogP contribution in [0.1, 0.15) is 25.3 Å². The van der Waals surface area contributed by atoms with Crippen molar-refractivity contribution in [1.82, 2.24) is 25.6 Å². The first kappa shape index (κ1) is 16.2. The van der Waals surface area contributed by atoms with Gasteiger partial charge in [-0.2, -0.15) is 5.21 Å². The molecule has 2 heterocycles. The van der Waals surface area contributed by atoms with Crippen LogP contribution in [0.15, 0.2) is 48.7 Å². The number of nitrogens with one attached hydrogen (secondary N) is 1. The normalized spacial score (nSPS) is 11.2. The standard InChI is InChI=1S/C20H19N5O/c1-12(2)18-10-13(4-6-17(18)20-22-24-25-23-20)15-8-9-21-19-11-14(26-3)5-7-16(15)19/h4-12H,1-3H3,(H,22,23,24,25). The van der Waals surface area contributed by atoms with Gasteiger partial charge in [0.05, 0.1) is 12.6 Å². The van der Waals surface area contributed by atoms with Gasteiger partial charge in [-0.15, -0.1) is 10.2 Å². The number of pyridine rings is 1. The van der Waals surface area contributed by atoms with Crippen LogP contribution in [0.3, 0.4) is 0 Å². The SMILES string of the molecule is COc1ccc2c(-c3ccc(-c4nn[nH]n4)c(C(C)C)c3)ccnc2c1. The molecule has 0 aliphatic heterocycles. The van der Waals surface area contributed by atoms with E-state index >= 15 is 0 Å². The van der Waals surface area contributed by atoms with Crippen LogP contribution in [0.4, 0.5) is 0 Å². The smallest absolute Gasteiger partial charge is 0.204 e. The fraction of sp³-hybridized carbons (Fsp3) is 0.200. The molecule has 0 spiro atoms. The number of H-pyrrole nitrogens is 1. The molecule has 0 saturated carbocycles. The predicted octanol–water partition coefficient (Wildman–Crippen LogP) is 4.21. The van der Waals surface area contributed by atoms with Crippen molar-refractivity contribution in [3.05, 3.63) is 54.2 Å². The molecule has 0 amide bonds. The summed E-state index contributed by atoms with van der Waals surface area (Å²) in [6.45, 7) is 4.33. The Hall–Kier alpha value is -3.28. The summed E-state index contributed by atoms with van der Waals surface area (Å²) in [4.78, 5) is 4.48. The molecule has 2 aromatic carbocycles. The van der Waals surface area contributed by atoms with E-state index in [1.54, 1.807) is 7.11 Å². The van der Waals surface area contributed by atoms with Crippen LogP contribution < -0.4 is 4.74 Å². The van der Waals surface area contributed by atoms with Gasteiger partial charge in [0, 0.05) is 23.2 Å². The van der Waals surface area contributed by atoms with Crippen LogP contribution in [-0.2, 0) is 0 Å². The molecular formula is C20H19N5O. The van der Waals surface area contributed by atoms with Gasteiger partial charge in [0.25, 0.3) is 0 Å². The van der Waals surface area contributed by atoms with E-state index in [1.165, 1.54) is 5.56 Å². The Bertz CT molecular complexity index is 1060. The molecule has 26 heavy (non-hydrogen) atoms. The zero-order valence-corrected chi connectivity index (χ0v) is 14.9. The maximum atomic E-state index is 5.31. The van der Waals surface area contributed by atoms with Crippen molar-refractivity contribution in [2.45, 2.75) is 19.8 Å². The quantitative estimate of drug-likeness (QED) is 0.599. The average molecular weight is 345 g/mol. The Morgan fingerprint density at radius 1 is 1.00 bits per heavy atom. The highest BCUT2D eigenvalue weighted by atomic mass is 16.5. The lowest BCUT2D eigenvalue weighted by atomic mass is 9.91. The summed E-state index contributed by atoms with van der Waals surface area (Å²) in [6, 6.07) is 14.4. The number of nitrogens with zero attached hydrogens (tertiary/aromatic N) is 4. The molecular weight excluding hydrogens is 326 g/mol. The number of rotatable bonds is 4. The van der Waals surface area contributed by atoms with Crippen molar-refractivity contribution < 1.29 is 4.74 Å². The molecule has 0 unspecified atom stereocenters. The van der Waals surface area contributed by atoms with E-state index in [1.807, 2.05) is 24.4 Å². The monoisotopic (exact) mass is 345 g/mol. The summed E-state index contributed by atoms with van der Waals surface area (Å²) in [5.74, 6) is 1.75. The molecule has 6 nitrogen and oxygen atoms in total. The number of tetrazole rings is 1. The molecule has 4 aromatic rings. The molecule has 0 aliphatic carbocycles. The Kier molecular flexibility index (Phi) is 4.08. The van der Waals surface area contributed by atoms with E-state index in [-0.39, 0.29) is 0 Å². The van der Waals surface area contributed by atoms with Gasteiger partial charge in [-0.25, -0.2) is 0 Å². The minimum Gasteiger partial charge on any atom is -0.497 e. The largest absolute Gasteiger partial charge is 0.497 e. The van der Waals surface area contributed by atoms with E-state index in [2.05, 4.69) is 63.7 Å². The fourth-order valence-corrected chi connectivity index (χ4v) is 3.19. The van der Waals surface area contributed by atoms with E-state index in [4.69, 9.17) is 4.74 Å². The maximum absolute atomic E-state index is 5.31. The van der Waals surface area contributed by atoms with Gasteiger partial charge in [0.15, 0.2) is 0 Å². The number of hydrogen-bond donors (Lipinski definition) is 1. The van der Waals surface area contributed by atoms with E-state index < -0.39 is 0 Å². The van der Waals surface area contributed by atoms with Crippen LogP contribution in [0, 0.1) is 0 Å². The number of hydrogen-bond acceptors (Lipinski definition) is 5. The molecule has 2 aromatic heterocycles. The van der Waals surface area contributed by atoms with Crippen LogP contribution in [-0.4, -0.2) is 32.7 Å². The zero-order valence-electron chi connectivity index (χ0n) is 14.9. The van der Waals surface area contributed by atoms with Gasteiger partial charge in [-0.3, -0.25) is 4.98 Å². The first-order valence-electron chi connectivity index (χ1n) is 8.48. The molecule has 0 saturated heterocycles. The summed E-state index contributed by atoms with van der Waals surface area (Å²) in [5.41, 5.74) is 5.37. The first-order valence-corrected chi connectivity index (χ1v) is 8.48. The van der Waals surface area contributed by atoms with Crippen molar-refractivity contribution in [3.63, 3.8) is 0 Å². The molecule has 130 valence electrons. The molecule has 1 N–H and O–H groups in total. The molecule has 0 bridgehead atoms. The first-order chi connectivity index (χ1) is 12.7. The fourth-order valence-electron chi connectivity index (χ4n) is 3.19. The second kappa shape index (κ2) is 6.55. The van der Waals surface area contributed by atoms with Crippen molar-refractivity contribution >= 4 is 10.9 Å². The maximum Gasteiger partial charge on any atom is 0.204 e. The van der Waals surface area contributed by atoms with Crippen LogP contribution in [0.5, 0.6) is 5.75 Å². The number of aromatic amines is 1. The molecule has 4 rings (SSSR count). The van der Waals surface area contributed by atoms with Crippen LogP contribution in [0.25, 0.3) is 33.4 Å². The number of benzene rings is 2. The van der Waals surface area contributed by atoms with Gasteiger partial charge in [0.2, 0.25) is 5.82 Å². The van der Waals surface area contributed by atoms with Crippen molar-refractivity contribution in [2.24, 2.45) is 0 Å².